The zero-order valence-corrected chi connectivity index (χ0v) is 11.7. The maximum Gasteiger partial charge on any atom is 0.00642 e. The summed E-state index contributed by atoms with van der Waals surface area (Å²) < 4.78 is 0. The summed E-state index contributed by atoms with van der Waals surface area (Å²) in [7, 11) is 4.23. The van der Waals surface area contributed by atoms with Crippen molar-refractivity contribution in [2.45, 2.75) is 69.9 Å². The average molecular weight is 238 g/mol. The van der Waals surface area contributed by atoms with E-state index in [1.54, 1.807) is 0 Å². The van der Waals surface area contributed by atoms with Crippen LogP contribution in [0.2, 0.25) is 0 Å². The van der Waals surface area contributed by atoms with Crippen LogP contribution < -0.4 is 10.6 Å². The number of hydrogen-bond donors (Lipinski definition) is 2. The molecular weight excluding hydrogens is 208 g/mol. The second kappa shape index (κ2) is 6.75. The van der Waals surface area contributed by atoms with Gasteiger partial charge in [-0.1, -0.05) is 0 Å². The fourth-order valence-corrected chi connectivity index (χ4v) is 3.85. The summed E-state index contributed by atoms with van der Waals surface area (Å²) in [6, 6.07) is 1.62. The molecule has 0 aliphatic heterocycles. The van der Waals surface area contributed by atoms with Gasteiger partial charge in [-0.15, -0.1) is 0 Å². The Morgan fingerprint density at radius 3 is 1.29 bits per heavy atom. The summed E-state index contributed by atoms with van der Waals surface area (Å²) in [5, 5.41) is 6.87. The number of hydrogen-bond acceptors (Lipinski definition) is 2. The first kappa shape index (κ1) is 13.4. The first-order valence-electron chi connectivity index (χ1n) is 7.66. The monoisotopic (exact) mass is 238 g/mol. The third kappa shape index (κ3) is 3.96. The van der Waals surface area contributed by atoms with Gasteiger partial charge in [-0.05, 0) is 83.7 Å². The largest absolute Gasteiger partial charge is 0.317 e. The van der Waals surface area contributed by atoms with Crippen LogP contribution in [0.25, 0.3) is 0 Å². The summed E-state index contributed by atoms with van der Waals surface area (Å²) in [5.74, 6) is 2.08. The van der Waals surface area contributed by atoms with Crippen molar-refractivity contribution >= 4 is 0 Å². The Labute approximate surface area is 107 Å². The zero-order valence-electron chi connectivity index (χ0n) is 11.7. The Bertz CT molecular complexity index is 179. The Morgan fingerprint density at radius 1 is 0.647 bits per heavy atom. The lowest BCUT2D eigenvalue weighted by atomic mass is 9.76. The Hall–Kier alpha value is -0.0800. The van der Waals surface area contributed by atoms with Crippen molar-refractivity contribution in [1.82, 2.24) is 10.6 Å². The third-order valence-electron chi connectivity index (χ3n) is 5.18. The highest BCUT2D eigenvalue weighted by Crippen LogP contribution is 2.35. The maximum absolute atomic E-state index is 3.43. The minimum atomic E-state index is 0.811. The van der Waals surface area contributed by atoms with Gasteiger partial charge in [0, 0.05) is 12.1 Å². The van der Waals surface area contributed by atoms with E-state index >= 15 is 0 Å². The second-order valence-electron chi connectivity index (χ2n) is 6.25. The molecule has 0 saturated heterocycles. The molecule has 2 aliphatic rings. The Balaban J connectivity index is 1.65. The van der Waals surface area contributed by atoms with Crippen molar-refractivity contribution in [3.8, 4) is 0 Å². The lowest BCUT2D eigenvalue weighted by molar-refractivity contribution is 0.211. The standard InChI is InChI=1S/C15H30N2/c1-16-14-7-3-12(4-8-14)11-13-5-9-15(17-2)10-6-13/h12-17H,3-11H2,1-2H3. The van der Waals surface area contributed by atoms with E-state index in [4.69, 9.17) is 0 Å². The Morgan fingerprint density at radius 2 is 1.00 bits per heavy atom. The summed E-state index contributed by atoms with van der Waals surface area (Å²) in [5.41, 5.74) is 0. The molecule has 2 saturated carbocycles. The minimum absolute atomic E-state index is 0.811. The maximum atomic E-state index is 3.43. The van der Waals surface area contributed by atoms with E-state index in [0.29, 0.717) is 0 Å². The lowest BCUT2D eigenvalue weighted by Crippen LogP contribution is -2.33. The van der Waals surface area contributed by atoms with Gasteiger partial charge in [-0.2, -0.15) is 0 Å². The zero-order chi connectivity index (χ0) is 12.1. The molecule has 0 amide bonds. The molecule has 17 heavy (non-hydrogen) atoms. The molecule has 2 aliphatic carbocycles. The van der Waals surface area contributed by atoms with Gasteiger partial charge in [0.2, 0.25) is 0 Å². The Kier molecular flexibility index (Phi) is 5.30. The van der Waals surface area contributed by atoms with Gasteiger partial charge in [0.15, 0.2) is 0 Å². The highest BCUT2D eigenvalue weighted by molar-refractivity contribution is 4.81. The van der Waals surface area contributed by atoms with Crippen molar-refractivity contribution in [2.24, 2.45) is 11.8 Å². The van der Waals surface area contributed by atoms with E-state index in [9.17, 15) is 0 Å². The van der Waals surface area contributed by atoms with Crippen LogP contribution in [-0.4, -0.2) is 26.2 Å². The van der Waals surface area contributed by atoms with Crippen LogP contribution in [0, 0.1) is 11.8 Å². The van der Waals surface area contributed by atoms with E-state index in [2.05, 4.69) is 24.7 Å². The fourth-order valence-electron chi connectivity index (χ4n) is 3.85. The van der Waals surface area contributed by atoms with Crippen LogP contribution in [0.1, 0.15) is 57.8 Å². The van der Waals surface area contributed by atoms with Gasteiger partial charge in [-0.3, -0.25) is 0 Å². The van der Waals surface area contributed by atoms with Crippen molar-refractivity contribution < 1.29 is 0 Å². The molecule has 0 atom stereocenters. The summed E-state index contributed by atoms with van der Waals surface area (Å²) in [6.45, 7) is 0. The highest BCUT2D eigenvalue weighted by atomic mass is 14.9. The number of nitrogens with one attached hydrogen (secondary N) is 2. The van der Waals surface area contributed by atoms with E-state index < -0.39 is 0 Å². The van der Waals surface area contributed by atoms with Gasteiger partial charge in [0.25, 0.3) is 0 Å². The van der Waals surface area contributed by atoms with Crippen LogP contribution in [0.15, 0.2) is 0 Å². The molecule has 0 aromatic carbocycles. The van der Waals surface area contributed by atoms with Crippen LogP contribution in [0.5, 0.6) is 0 Å². The third-order valence-corrected chi connectivity index (χ3v) is 5.18. The number of rotatable bonds is 4. The molecule has 100 valence electrons. The molecule has 2 rings (SSSR count). The second-order valence-corrected chi connectivity index (χ2v) is 6.25. The van der Waals surface area contributed by atoms with Gasteiger partial charge in [0.1, 0.15) is 0 Å². The molecule has 2 heteroatoms. The first-order chi connectivity index (χ1) is 8.31. The molecule has 0 aromatic heterocycles. The minimum Gasteiger partial charge on any atom is -0.317 e. The smallest absolute Gasteiger partial charge is 0.00642 e. The van der Waals surface area contributed by atoms with Crippen LogP contribution in [0.4, 0.5) is 0 Å². The van der Waals surface area contributed by atoms with Crippen molar-refractivity contribution in [3.05, 3.63) is 0 Å². The van der Waals surface area contributed by atoms with Crippen molar-refractivity contribution in [2.75, 3.05) is 14.1 Å². The lowest BCUT2D eigenvalue weighted by Gasteiger charge is -2.34. The molecule has 2 fully saturated rings. The van der Waals surface area contributed by atoms with E-state index in [1.165, 1.54) is 57.8 Å². The summed E-state index contributed by atoms with van der Waals surface area (Å²) in [6.07, 6.45) is 13.0. The summed E-state index contributed by atoms with van der Waals surface area (Å²) >= 11 is 0. The molecule has 0 aromatic rings. The van der Waals surface area contributed by atoms with Gasteiger partial charge in [0.05, 0.1) is 0 Å². The molecule has 2 N–H and O–H groups in total. The van der Waals surface area contributed by atoms with Crippen LogP contribution >= 0.6 is 0 Å². The molecule has 0 unspecified atom stereocenters. The molecule has 0 spiro atoms. The highest BCUT2D eigenvalue weighted by Gasteiger charge is 2.25. The SMILES string of the molecule is CNC1CCC(CC2CCC(NC)CC2)CC1. The topological polar surface area (TPSA) is 24.1 Å². The average Bonchev–Trinajstić information content (AvgIpc) is 2.40. The predicted octanol–water partition coefficient (Wildman–Crippen LogP) is 2.93. The van der Waals surface area contributed by atoms with Crippen molar-refractivity contribution in [1.29, 1.82) is 0 Å². The summed E-state index contributed by atoms with van der Waals surface area (Å²) in [4.78, 5) is 0. The van der Waals surface area contributed by atoms with Crippen molar-refractivity contribution in [3.63, 3.8) is 0 Å². The normalized spacial score (nSPS) is 39.2. The first-order valence-corrected chi connectivity index (χ1v) is 7.66. The van der Waals surface area contributed by atoms with Crippen LogP contribution in [0.3, 0.4) is 0 Å². The van der Waals surface area contributed by atoms with E-state index in [1.807, 2.05) is 0 Å². The molecule has 2 nitrogen and oxygen atoms in total. The van der Waals surface area contributed by atoms with E-state index in [-0.39, 0.29) is 0 Å². The molecule has 0 bridgehead atoms. The quantitative estimate of drug-likeness (QED) is 0.787. The molecule has 0 radical (unpaired) electrons. The van der Waals surface area contributed by atoms with Crippen LogP contribution in [-0.2, 0) is 0 Å². The molecular formula is C15H30N2. The van der Waals surface area contributed by atoms with Gasteiger partial charge < -0.3 is 10.6 Å². The van der Waals surface area contributed by atoms with Gasteiger partial charge in [-0.25, -0.2) is 0 Å². The van der Waals surface area contributed by atoms with E-state index in [0.717, 1.165) is 23.9 Å². The fraction of sp³-hybridized carbons (Fsp3) is 1.00. The predicted molar refractivity (Wildman–Crippen MR) is 74.2 cm³/mol. The van der Waals surface area contributed by atoms with Gasteiger partial charge >= 0.3 is 0 Å². The molecule has 0 heterocycles.